The molecule has 20 heavy (non-hydrogen) atoms. The number of nitrogens with one attached hydrogen (secondary N) is 1. The van der Waals surface area contributed by atoms with E-state index in [0.29, 0.717) is 0 Å². The van der Waals surface area contributed by atoms with Crippen molar-refractivity contribution in [3.63, 3.8) is 0 Å². The smallest absolute Gasteiger partial charge is 0.261 e. The number of halogens is 1. The Morgan fingerprint density at radius 2 is 1.75 bits per heavy atom. The van der Waals surface area contributed by atoms with Crippen molar-refractivity contribution in [2.75, 3.05) is 10.5 Å². The van der Waals surface area contributed by atoms with Gasteiger partial charge in [-0.05, 0) is 55.3 Å². The molecule has 0 aliphatic carbocycles. The minimum Gasteiger partial charge on any atom is -0.396 e. The predicted molar refractivity (Wildman–Crippen MR) is 77.5 cm³/mol. The molecule has 0 saturated heterocycles. The van der Waals surface area contributed by atoms with Crippen LogP contribution in [0.15, 0.2) is 41.3 Å². The molecule has 0 aliphatic rings. The van der Waals surface area contributed by atoms with Gasteiger partial charge < -0.3 is 5.73 Å². The van der Waals surface area contributed by atoms with Crippen LogP contribution in [0.1, 0.15) is 11.1 Å². The number of anilines is 2. The molecule has 2 rings (SSSR count). The molecule has 6 heteroatoms. The second-order valence-electron chi connectivity index (χ2n) is 4.59. The van der Waals surface area contributed by atoms with E-state index >= 15 is 0 Å². The van der Waals surface area contributed by atoms with Crippen molar-refractivity contribution in [2.24, 2.45) is 0 Å². The van der Waals surface area contributed by atoms with Gasteiger partial charge in [0.05, 0.1) is 16.3 Å². The molecular formula is C14H15FN2O2S. The van der Waals surface area contributed by atoms with Gasteiger partial charge in [0.1, 0.15) is 5.82 Å². The number of nitrogen functional groups attached to an aromatic ring is 1. The average molecular weight is 294 g/mol. The van der Waals surface area contributed by atoms with Crippen LogP contribution >= 0.6 is 0 Å². The number of hydrogen-bond acceptors (Lipinski definition) is 3. The molecule has 2 aromatic carbocycles. The molecule has 0 spiro atoms. The fourth-order valence-electron chi connectivity index (χ4n) is 1.70. The van der Waals surface area contributed by atoms with E-state index in [1.807, 2.05) is 13.8 Å². The Balaban J connectivity index is 2.35. The van der Waals surface area contributed by atoms with E-state index in [1.54, 1.807) is 12.1 Å². The van der Waals surface area contributed by atoms with Gasteiger partial charge in [-0.25, -0.2) is 12.8 Å². The van der Waals surface area contributed by atoms with Crippen LogP contribution in [-0.4, -0.2) is 8.42 Å². The third kappa shape index (κ3) is 2.91. The second-order valence-corrected chi connectivity index (χ2v) is 6.27. The summed E-state index contributed by atoms with van der Waals surface area (Å²) in [6.07, 6.45) is 0. The number of aryl methyl sites for hydroxylation is 2. The van der Waals surface area contributed by atoms with Crippen LogP contribution in [0.25, 0.3) is 0 Å². The standard InChI is InChI=1S/C14H15FN2O2S/c1-9-3-5-12(7-10(9)2)20(18,19)17-11-4-6-13(15)14(16)8-11/h3-8,17H,16H2,1-2H3. The summed E-state index contributed by atoms with van der Waals surface area (Å²) in [7, 11) is -3.71. The quantitative estimate of drug-likeness (QED) is 0.855. The Kier molecular flexibility index (Phi) is 3.67. The van der Waals surface area contributed by atoms with Crippen LogP contribution < -0.4 is 10.5 Å². The van der Waals surface area contributed by atoms with Crippen molar-refractivity contribution in [1.29, 1.82) is 0 Å². The molecule has 0 fully saturated rings. The first-order chi connectivity index (χ1) is 9.29. The number of benzene rings is 2. The van der Waals surface area contributed by atoms with Gasteiger partial charge in [0.25, 0.3) is 10.0 Å². The van der Waals surface area contributed by atoms with Gasteiger partial charge in [0.15, 0.2) is 0 Å². The molecule has 4 nitrogen and oxygen atoms in total. The Bertz CT molecular complexity index is 758. The van der Waals surface area contributed by atoms with E-state index < -0.39 is 15.8 Å². The SMILES string of the molecule is Cc1ccc(S(=O)(=O)Nc2ccc(F)c(N)c2)cc1C. The molecule has 0 heterocycles. The highest BCUT2D eigenvalue weighted by Gasteiger charge is 2.15. The lowest BCUT2D eigenvalue weighted by atomic mass is 10.1. The molecule has 3 N–H and O–H groups in total. The zero-order chi connectivity index (χ0) is 14.9. The van der Waals surface area contributed by atoms with Gasteiger partial charge in [0.2, 0.25) is 0 Å². The van der Waals surface area contributed by atoms with Gasteiger partial charge in [-0.2, -0.15) is 0 Å². The maximum atomic E-state index is 13.0. The minimum absolute atomic E-state index is 0.106. The summed E-state index contributed by atoms with van der Waals surface area (Å²) in [6.45, 7) is 3.74. The van der Waals surface area contributed by atoms with E-state index in [9.17, 15) is 12.8 Å². The fraction of sp³-hybridized carbons (Fsp3) is 0.143. The summed E-state index contributed by atoms with van der Waals surface area (Å²) in [6, 6.07) is 8.54. The van der Waals surface area contributed by atoms with Crippen molar-refractivity contribution in [1.82, 2.24) is 0 Å². The monoisotopic (exact) mass is 294 g/mol. The maximum absolute atomic E-state index is 13.0. The van der Waals surface area contributed by atoms with Crippen molar-refractivity contribution in [2.45, 2.75) is 18.7 Å². The molecule has 0 unspecified atom stereocenters. The third-order valence-electron chi connectivity index (χ3n) is 3.04. The largest absolute Gasteiger partial charge is 0.396 e. The first-order valence-electron chi connectivity index (χ1n) is 5.95. The van der Waals surface area contributed by atoms with Crippen LogP contribution in [0.2, 0.25) is 0 Å². The lowest BCUT2D eigenvalue weighted by molar-refractivity contribution is 0.601. The molecule has 0 aliphatic heterocycles. The second kappa shape index (κ2) is 5.13. The predicted octanol–water partition coefficient (Wildman–Crippen LogP) is 2.83. The van der Waals surface area contributed by atoms with E-state index in [4.69, 9.17) is 5.73 Å². The highest BCUT2D eigenvalue weighted by atomic mass is 32.2. The van der Waals surface area contributed by atoms with Crippen LogP contribution in [0.3, 0.4) is 0 Å². The Hall–Kier alpha value is -2.08. The molecular weight excluding hydrogens is 279 g/mol. The molecule has 0 radical (unpaired) electrons. The zero-order valence-electron chi connectivity index (χ0n) is 11.1. The molecule has 106 valence electrons. The first kappa shape index (κ1) is 14.3. The molecule has 0 atom stereocenters. The van der Waals surface area contributed by atoms with Crippen molar-refractivity contribution in [3.05, 3.63) is 53.3 Å². The highest BCUT2D eigenvalue weighted by Crippen LogP contribution is 2.21. The van der Waals surface area contributed by atoms with Crippen molar-refractivity contribution >= 4 is 21.4 Å². The number of rotatable bonds is 3. The van der Waals surface area contributed by atoms with Crippen LogP contribution in [0.5, 0.6) is 0 Å². The first-order valence-corrected chi connectivity index (χ1v) is 7.43. The van der Waals surface area contributed by atoms with Crippen molar-refractivity contribution < 1.29 is 12.8 Å². The van der Waals surface area contributed by atoms with E-state index in [2.05, 4.69) is 4.72 Å². The summed E-state index contributed by atoms with van der Waals surface area (Å²) < 4.78 is 39.9. The number of sulfonamides is 1. The Morgan fingerprint density at radius 3 is 2.35 bits per heavy atom. The normalized spacial score (nSPS) is 11.3. The van der Waals surface area contributed by atoms with E-state index in [0.717, 1.165) is 17.2 Å². The molecule has 0 bridgehead atoms. The summed E-state index contributed by atoms with van der Waals surface area (Å²) >= 11 is 0. The van der Waals surface area contributed by atoms with Crippen LogP contribution in [0.4, 0.5) is 15.8 Å². The third-order valence-corrected chi connectivity index (χ3v) is 4.42. The maximum Gasteiger partial charge on any atom is 0.261 e. The van der Waals surface area contributed by atoms with Gasteiger partial charge in [0, 0.05) is 0 Å². The van der Waals surface area contributed by atoms with Gasteiger partial charge >= 0.3 is 0 Å². The summed E-state index contributed by atoms with van der Waals surface area (Å²) in [5, 5.41) is 0. The lowest BCUT2D eigenvalue weighted by Gasteiger charge is -2.10. The topological polar surface area (TPSA) is 72.2 Å². The molecule has 2 aromatic rings. The molecule has 0 saturated carbocycles. The molecule has 0 amide bonds. The van der Waals surface area contributed by atoms with E-state index in [-0.39, 0.29) is 16.3 Å². The summed E-state index contributed by atoms with van der Waals surface area (Å²) in [4.78, 5) is 0.156. The average Bonchev–Trinajstić information content (AvgIpc) is 2.37. The zero-order valence-corrected chi connectivity index (χ0v) is 12.0. The fourth-order valence-corrected chi connectivity index (χ4v) is 2.84. The summed E-state index contributed by atoms with van der Waals surface area (Å²) in [5.41, 5.74) is 7.42. The Labute approximate surface area is 117 Å². The number of hydrogen-bond donors (Lipinski definition) is 2. The molecule has 0 aromatic heterocycles. The van der Waals surface area contributed by atoms with Gasteiger partial charge in [-0.3, -0.25) is 4.72 Å². The Morgan fingerprint density at radius 1 is 1.05 bits per heavy atom. The van der Waals surface area contributed by atoms with Crippen molar-refractivity contribution in [3.8, 4) is 0 Å². The van der Waals surface area contributed by atoms with Gasteiger partial charge in [-0.1, -0.05) is 6.07 Å². The van der Waals surface area contributed by atoms with E-state index in [1.165, 1.54) is 18.2 Å². The van der Waals surface area contributed by atoms with Gasteiger partial charge in [-0.15, -0.1) is 0 Å². The lowest BCUT2D eigenvalue weighted by Crippen LogP contribution is -2.13. The van der Waals surface area contributed by atoms with Crippen LogP contribution in [-0.2, 0) is 10.0 Å². The van der Waals surface area contributed by atoms with Crippen LogP contribution in [0, 0.1) is 19.7 Å². The summed E-state index contributed by atoms with van der Waals surface area (Å²) in [5.74, 6) is -0.584. The minimum atomic E-state index is -3.71. The highest BCUT2D eigenvalue weighted by molar-refractivity contribution is 7.92. The number of nitrogens with two attached hydrogens (primary N) is 1.